The van der Waals surface area contributed by atoms with E-state index in [1.165, 1.54) is 6.21 Å². The quantitative estimate of drug-likeness (QED) is 0.375. The van der Waals surface area contributed by atoms with Crippen molar-refractivity contribution in [2.24, 2.45) is 5.10 Å². The van der Waals surface area contributed by atoms with Crippen LogP contribution in [-0.2, 0) is 4.79 Å². The Morgan fingerprint density at radius 3 is 2.55 bits per heavy atom. The number of ether oxygens (including phenoxy) is 1. The monoisotopic (exact) mass is 479 g/mol. The first kappa shape index (κ1) is 22.2. The maximum atomic E-state index is 12.3. The highest BCUT2D eigenvalue weighted by Crippen LogP contribution is 2.22. The van der Waals surface area contributed by atoms with Crippen LogP contribution in [0.5, 0.6) is 5.75 Å². The van der Waals surface area contributed by atoms with Crippen molar-refractivity contribution in [2.45, 2.75) is 13.8 Å². The number of carbonyl (C=O) groups excluding carboxylic acids is 2. The van der Waals surface area contributed by atoms with Gasteiger partial charge in [0.05, 0.1) is 6.21 Å². The molecule has 6 nitrogen and oxygen atoms in total. The van der Waals surface area contributed by atoms with Crippen molar-refractivity contribution in [1.29, 1.82) is 0 Å². The zero-order chi connectivity index (χ0) is 22.2. The van der Waals surface area contributed by atoms with Gasteiger partial charge in [-0.05, 0) is 55.8 Å². The van der Waals surface area contributed by atoms with Crippen LogP contribution in [0, 0.1) is 13.8 Å². The molecule has 0 heterocycles. The summed E-state index contributed by atoms with van der Waals surface area (Å²) in [5.74, 6) is -0.117. The number of hydrogen-bond donors (Lipinski definition) is 2. The summed E-state index contributed by atoms with van der Waals surface area (Å²) < 4.78 is 6.51. The number of amides is 2. The summed E-state index contributed by atoms with van der Waals surface area (Å²) in [6.07, 6.45) is 1.48. The van der Waals surface area contributed by atoms with E-state index in [0.717, 1.165) is 21.3 Å². The van der Waals surface area contributed by atoms with Crippen LogP contribution < -0.4 is 15.5 Å². The van der Waals surface area contributed by atoms with Crippen LogP contribution in [0.25, 0.3) is 0 Å². The molecule has 0 bridgehead atoms. The summed E-state index contributed by atoms with van der Waals surface area (Å²) in [5.41, 5.74) is 6.47. The minimum atomic E-state index is -0.317. The van der Waals surface area contributed by atoms with Crippen molar-refractivity contribution in [3.63, 3.8) is 0 Å². The Morgan fingerprint density at radius 1 is 1.03 bits per heavy atom. The van der Waals surface area contributed by atoms with Crippen LogP contribution in [0.4, 0.5) is 5.69 Å². The lowest BCUT2D eigenvalue weighted by atomic mass is 10.1. The van der Waals surface area contributed by atoms with Gasteiger partial charge < -0.3 is 10.1 Å². The highest BCUT2D eigenvalue weighted by atomic mass is 79.9. The molecule has 158 valence electrons. The topological polar surface area (TPSA) is 79.8 Å². The maximum Gasteiger partial charge on any atom is 0.271 e. The molecule has 3 rings (SSSR count). The number of hydrogen-bond acceptors (Lipinski definition) is 4. The van der Waals surface area contributed by atoms with Gasteiger partial charge in [-0.2, -0.15) is 5.10 Å². The number of halogens is 1. The van der Waals surface area contributed by atoms with Crippen molar-refractivity contribution in [3.05, 3.63) is 93.5 Å². The van der Waals surface area contributed by atoms with Crippen LogP contribution in [-0.4, -0.2) is 24.6 Å². The van der Waals surface area contributed by atoms with Crippen molar-refractivity contribution >= 4 is 39.6 Å². The third-order valence-corrected chi connectivity index (χ3v) is 4.89. The molecule has 0 aliphatic rings. The molecule has 31 heavy (non-hydrogen) atoms. The van der Waals surface area contributed by atoms with Crippen molar-refractivity contribution < 1.29 is 14.3 Å². The number of nitrogens with zero attached hydrogens (tertiary/aromatic N) is 1. The minimum Gasteiger partial charge on any atom is -0.483 e. The van der Waals surface area contributed by atoms with E-state index in [2.05, 4.69) is 31.8 Å². The number of rotatable bonds is 7. The van der Waals surface area contributed by atoms with Crippen LogP contribution in [0.15, 0.2) is 76.3 Å². The second kappa shape index (κ2) is 10.5. The summed E-state index contributed by atoms with van der Waals surface area (Å²) >= 11 is 3.41. The normalized spacial score (nSPS) is 10.7. The Hall–Kier alpha value is -3.45. The molecule has 0 saturated heterocycles. The average molecular weight is 480 g/mol. The fourth-order valence-electron chi connectivity index (χ4n) is 2.85. The Labute approximate surface area is 189 Å². The second-order valence-electron chi connectivity index (χ2n) is 6.90. The molecular weight excluding hydrogens is 458 g/mol. The van der Waals surface area contributed by atoms with E-state index in [0.29, 0.717) is 16.9 Å². The van der Waals surface area contributed by atoms with Gasteiger partial charge in [0, 0.05) is 21.3 Å². The number of anilines is 1. The van der Waals surface area contributed by atoms with Gasteiger partial charge in [0.2, 0.25) is 0 Å². The molecule has 2 amide bonds. The Morgan fingerprint density at radius 2 is 1.81 bits per heavy atom. The zero-order valence-electron chi connectivity index (χ0n) is 17.2. The Kier molecular flexibility index (Phi) is 7.56. The molecular formula is C24H22BrN3O3. The predicted molar refractivity (Wildman–Crippen MR) is 126 cm³/mol. The largest absolute Gasteiger partial charge is 0.483 e. The summed E-state index contributed by atoms with van der Waals surface area (Å²) in [6.45, 7) is 3.78. The summed E-state index contributed by atoms with van der Waals surface area (Å²) in [6, 6.07) is 19.9. The highest BCUT2D eigenvalue weighted by Gasteiger charge is 2.09. The molecule has 7 heteroatoms. The third-order valence-electron chi connectivity index (χ3n) is 4.39. The zero-order valence-corrected chi connectivity index (χ0v) is 18.8. The van der Waals surface area contributed by atoms with Crippen molar-refractivity contribution in [1.82, 2.24) is 5.43 Å². The number of carbonyl (C=O) groups is 2. The molecule has 0 aliphatic carbocycles. The molecule has 0 fully saturated rings. The Bertz CT molecular complexity index is 1110. The van der Waals surface area contributed by atoms with Crippen molar-refractivity contribution in [2.75, 3.05) is 11.9 Å². The van der Waals surface area contributed by atoms with E-state index in [4.69, 9.17) is 4.74 Å². The van der Waals surface area contributed by atoms with E-state index in [1.54, 1.807) is 42.5 Å². The highest BCUT2D eigenvalue weighted by molar-refractivity contribution is 9.10. The van der Waals surface area contributed by atoms with Gasteiger partial charge in [-0.1, -0.05) is 51.8 Å². The lowest BCUT2D eigenvalue weighted by Crippen LogP contribution is -2.21. The van der Waals surface area contributed by atoms with Crippen LogP contribution in [0.2, 0.25) is 0 Å². The van der Waals surface area contributed by atoms with Crippen LogP contribution >= 0.6 is 15.9 Å². The van der Waals surface area contributed by atoms with E-state index in [1.807, 2.05) is 38.1 Å². The minimum absolute atomic E-state index is 0.161. The molecule has 0 aliphatic heterocycles. The second-order valence-corrected chi connectivity index (χ2v) is 7.82. The molecule has 0 spiro atoms. The van der Waals surface area contributed by atoms with Crippen LogP contribution in [0.3, 0.4) is 0 Å². The number of benzene rings is 3. The molecule has 0 radical (unpaired) electrons. The predicted octanol–water partition coefficient (Wildman–Crippen LogP) is 4.85. The molecule has 0 unspecified atom stereocenters. The van der Waals surface area contributed by atoms with Gasteiger partial charge in [-0.25, -0.2) is 5.43 Å². The SMILES string of the molecule is Cc1ccc(NC(=O)COc2ccc(Br)cc2/C=N/NC(=O)c2ccccc2)c(C)c1. The number of nitrogens with one attached hydrogen (secondary N) is 2. The average Bonchev–Trinajstić information content (AvgIpc) is 2.75. The lowest BCUT2D eigenvalue weighted by molar-refractivity contribution is -0.118. The summed E-state index contributed by atoms with van der Waals surface area (Å²) in [5, 5.41) is 6.86. The first-order chi connectivity index (χ1) is 14.9. The van der Waals surface area contributed by atoms with Gasteiger partial charge in [-0.3, -0.25) is 9.59 Å². The van der Waals surface area contributed by atoms with E-state index in [9.17, 15) is 9.59 Å². The fourth-order valence-corrected chi connectivity index (χ4v) is 3.23. The molecule has 2 N–H and O–H groups in total. The first-order valence-corrected chi connectivity index (χ1v) is 10.4. The van der Waals surface area contributed by atoms with Gasteiger partial charge in [0.15, 0.2) is 6.61 Å². The standard InChI is InChI=1S/C24H22BrN3O3/c1-16-8-10-21(17(2)12-16)27-23(29)15-31-22-11-9-20(25)13-19(22)14-26-28-24(30)18-6-4-3-5-7-18/h3-14H,15H2,1-2H3,(H,27,29)(H,28,30)/b26-14+. The molecule has 3 aromatic rings. The van der Waals surface area contributed by atoms with Crippen LogP contribution in [0.1, 0.15) is 27.0 Å². The summed E-state index contributed by atoms with van der Waals surface area (Å²) in [7, 11) is 0. The molecule has 0 saturated carbocycles. The van der Waals surface area contributed by atoms with Gasteiger partial charge in [-0.15, -0.1) is 0 Å². The first-order valence-electron chi connectivity index (χ1n) is 9.60. The van der Waals surface area contributed by atoms with E-state index < -0.39 is 0 Å². The lowest BCUT2D eigenvalue weighted by Gasteiger charge is -2.12. The molecule has 0 atom stereocenters. The van der Waals surface area contributed by atoms with Gasteiger partial charge >= 0.3 is 0 Å². The van der Waals surface area contributed by atoms with Gasteiger partial charge in [0.1, 0.15) is 5.75 Å². The number of aryl methyl sites for hydroxylation is 2. The number of hydrazone groups is 1. The van der Waals surface area contributed by atoms with E-state index in [-0.39, 0.29) is 18.4 Å². The molecule has 0 aromatic heterocycles. The molecule has 3 aromatic carbocycles. The van der Waals surface area contributed by atoms with Crippen molar-refractivity contribution in [3.8, 4) is 5.75 Å². The summed E-state index contributed by atoms with van der Waals surface area (Å²) in [4.78, 5) is 24.4. The maximum absolute atomic E-state index is 12.3. The third kappa shape index (κ3) is 6.52. The van der Waals surface area contributed by atoms with Gasteiger partial charge in [0.25, 0.3) is 11.8 Å². The Balaban J connectivity index is 1.62. The fraction of sp³-hybridized carbons (Fsp3) is 0.125. The van der Waals surface area contributed by atoms with E-state index >= 15 is 0 Å². The smallest absolute Gasteiger partial charge is 0.271 e.